The third kappa shape index (κ3) is 1.70. The third-order valence-corrected chi connectivity index (χ3v) is 4.64. The molecule has 2 atom stereocenters. The average molecular weight is 297 g/mol. The molecule has 0 saturated heterocycles. The summed E-state index contributed by atoms with van der Waals surface area (Å²) in [7, 11) is 0. The molecule has 0 unspecified atom stereocenters. The first-order valence-corrected chi connectivity index (χ1v) is 7.13. The van der Waals surface area contributed by atoms with Crippen molar-refractivity contribution in [1.82, 2.24) is 15.1 Å². The van der Waals surface area contributed by atoms with Crippen LogP contribution in [0.3, 0.4) is 0 Å². The number of nitrogens with zero attached hydrogens (tertiary/aromatic N) is 2. The van der Waals surface area contributed by atoms with Crippen LogP contribution in [-0.4, -0.2) is 26.2 Å². The lowest BCUT2D eigenvalue weighted by atomic mass is 10.1. The van der Waals surface area contributed by atoms with Gasteiger partial charge >= 0.3 is 5.97 Å². The number of aliphatic carboxylic acids is 1. The summed E-state index contributed by atoms with van der Waals surface area (Å²) in [6, 6.07) is 7.79. The van der Waals surface area contributed by atoms with E-state index in [1.807, 2.05) is 44.3 Å². The zero-order chi connectivity index (χ0) is 15.5. The van der Waals surface area contributed by atoms with Crippen molar-refractivity contribution in [2.24, 2.45) is 11.3 Å². The molecule has 1 aromatic carbocycles. The molecule has 0 radical (unpaired) electrons. The Bertz CT molecular complexity index is 878. The number of aromatic nitrogens is 3. The van der Waals surface area contributed by atoms with Gasteiger partial charge in [0.15, 0.2) is 0 Å². The van der Waals surface area contributed by atoms with Gasteiger partial charge in [0.2, 0.25) is 11.7 Å². The van der Waals surface area contributed by atoms with Gasteiger partial charge in [-0.1, -0.05) is 31.1 Å². The van der Waals surface area contributed by atoms with Crippen LogP contribution in [0.1, 0.15) is 25.7 Å². The van der Waals surface area contributed by atoms with Crippen molar-refractivity contribution < 1.29 is 14.4 Å². The molecule has 1 aliphatic rings. The highest BCUT2D eigenvalue weighted by Crippen LogP contribution is 2.64. The van der Waals surface area contributed by atoms with Gasteiger partial charge in [0.1, 0.15) is 0 Å². The molecule has 0 bridgehead atoms. The van der Waals surface area contributed by atoms with Gasteiger partial charge in [-0.25, -0.2) is 0 Å². The molecule has 22 heavy (non-hydrogen) atoms. The van der Waals surface area contributed by atoms with Gasteiger partial charge in [-0.2, -0.15) is 4.98 Å². The molecule has 1 aliphatic carbocycles. The summed E-state index contributed by atoms with van der Waals surface area (Å²) >= 11 is 0. The van der Waals surface area contributed by atoms with Crippen molar-refractivity contribution in [2.45, 2.75) is 19.8 Å². The molecule has 0 amide bonds. The fourth-order valence-electron chi connectivity index (χ4n) is 3.31. The maximum absolute atomic E-state index is 11.3. The van der Waals surface area contributed by atoms with Gasteiger partial charge < -0.3 is 14.6 Å². The van der Waals surface area contributed by atoms with Gasteiger partial charge in [-0.3, -0.25) is 4.79 Å². The molecule has 1 fully saturated rings. The number of carbonyl (C=O) groups is 1. The SMILES string of the molecule is CC1(C)[C@@H](C(=O)O)[C@@H]1c1nc(-c2cccc3[nH]ccc23)no1. The lowest BCUT2D eigenvalue weighted by Crippen LogP contribution is -2.03. The molecule has 6 heteroatoms. The summed E-state index contributed by atoms with van der Waals surface area (Å²) in [4.78, 5) is 18.9. The minimum atomic E-state index is -0.817. The molecule has 4 rings (SSSR count). The Morgan fingerprint density at radius 1 is 1.36 bits per heavy atom. The molecule has 1 saturated carbocycles. The van der Waals surface area contributed by atoms with Crippen LogP contribution >= 0.6 is 0 Å². The van der Waals surface area contributed by atoms with Crippen molar-refractivity contribution >= 4 is 16.9 Å². The molecule has 112 valence electrons. The summed E-state index contributed by atoms with van der Waals surface area (Å²) in [5.74, 6) is -0.616. The van der Waals surface area contributed by atoms with Crippen molar-refractivity contribution in [3.8, 4) is 11.4 Å². The molecule has 2 heterocycles. The fraction of sp³-hybridized carbons (Fsp3) is 0.312. The highest BCUT2D eigenvalue weighted by Gasteiger charge is 2.65. The van der Waals surface area contributed by atoms with Crippen LogP contribution in [-0.2, 0) is 4.79 Å². The van der Waals surface area contributed by atoms with E-state index in [0.717, 1.165) is 16.5 Å². The van der Waals surface area contributed by atoms with Crippen molar-refractivity contribution in [3.63, 3.8) is 0 Å². The lowest BCUT2D eigenvalue weighted by Gasteiger charge is -1.97. The topological polar surface area (TPSA) is 92.0 Å². The number of H-pyrrole nitrogens is 1. The number of rotatable bonds is 3. The van der Waals surface area contributed by atoms with Crippen LogP contribution < -0.4 is 0 Å². The van der Waals surface area contributed by atoms with E-state index in [2.05, 4.69) is 15.1 Å². The molecule has 0 spiro atoms. The molecule has 2 aromatic heterocycles. The minimum Gasteiger partial charge on any atom is -0.481 e. The molecule has 2 N–H and O–H groups in total. The maximum atomic E-state index is 11.3. The quantitative estimate of drug-likeness (QED) is 0.775. The van der Waals surface area contributed by atoms with E-state index in [0.29, 0.717) is 11.7 Å². The van der Waals surface area contributed by atoms with E-state index in [-0.39, 0.29) is 11.3 Å². The van der Waals surface area contributed by atoms with E-state index in [1.54, 1.807) is 0 Å². The number of aromatic amines is 1. The monoisotopic (exact) mass is 297 g/mol. The highest BCUT2D eigenvalue weighted by molar-refractivity contribution is 5.93. The number of hydrogen-bond acceptors (Lipinski definition) is 4. The highest BCUT2D eigenvalue weighted by atomic mass is 16.5. The molecule has 0 aliphatic heterocycles. The van der Waals surface area contributed by atoms with E-state index in [1.165, 1.54) is 0 Å². The van der Waals surface area contributed by atoms with Crippen LogP contribution in [0.4, 0.5) is 0 Å². The van der Waals surface area contributed by atoms with E-state index >= 15 is 0 Å². The molecule has 3 aromatic rings. The van der Waals surface area contributed by atoms with Crippen LogP contribution in [0.5, 0.6) is 0 Å². The van der Waals surface area contributed by atoms with Crippen LogP contribution in [0.25, 0.3) is 22.3 Å². The van der Waals surface area contributed by atoms with Gasteiger partial charge in [-0.15, -0.1) is 0 Å². The summed E-state index contributed by atoms with van der Waals surface area (Å²) < 4.78 is 5.35. The number of fused-ring (bicyclic) bond motifs is 1. The number of benzene rings is 1. The average Bonchev–Trinajstić information content (AvgIpc) is 2.93. The summed E-state index contributed by atoms with van der Waals surface area (Å²) in [6.45, 7) is 3.82. The largest absolute Gasteiger partial charge is 0.481 e. The zero-order valence-corrected chi connectivity index (χ0v) is 12.2. The summed E-state index contributed by atoms with van der Waals surface area (Å²) in [6.07, 6.45) is 1.86. The normalized spacial score (nSPS) is 22.8. The first kappa shape index (κ1) is 13.1. The van der Waals surface area contributed by atoms with Crippen molar-refractivity contribution in [1.29, 1.82) is 0 Å². The third-order valence-electron chi connectivity index (χ3n) is 4.64. The van der Waals surface area contributed by atoms with Crippen LogP contribution in [0, 0.1) is 11.3 Å². The van der Waals surface area contributed by atoms with Crippen molar-refractivity contribution in [3.05, 3.63) is 36.4 Å². The Morgan fingerprint density at radius 3 is 2.91 bits per heavy atom. The second-order valence-corrected chi connectivity index (χ2v) is 6.32. The van der Waals surface area contributed by atoms with Gasteiger partial charge in [0.05, 0.1) is 11.8 Å². The Morgan fingerprint density at radius 2 is 2.18 bits per heavy atom. The maximum Gasteiger partial charge on any atom is 0.307 e. The first-order valence-electron chi connectivity index (χ1n) is 7.13. The van der Waals surface area contributed by atoms with Crippen molar-refractivity contribution in [2.75, 3.05) is 0 Å². The first-order chi connectivity index (χ1) is 10.5. The van der Waals surface area contributed by atoms with Crippen LogP contribution in [0.2, 0.25) is 0 Å². The summed E-state index contributed by atoms with van der Waals surface area (Å²) in [5, 5.41) is 14.3. The van der Waals surface area contributed by atoms with Gasteiger partial charge in [0.25, 0.3) is 0 Å². The number of carboxylic acids is 1. The number of hydrogen-bond donors (Lipinski definition) is 2. The molecular weight excluding hydrogens is 282 g/mol. The molecule has 6 nitrogen and oxygen atoms in total. The number of carboxylic acid groups (broad SMARTS) is 1. The van der Waals surface area contributed by atoms with E-state index in [4.69, 9.17) is 4.52 Å². The van der Waals surface area contributed by atoms with Gasteiger partial charge in [-0.05, 0) is 17.5 Å². The van der Waals surface area contributed by atoms with Gasteiger partial charge in [0, 0.05) is 22.7 Å². The van der Waals surface area contributed by atoms with E-state index in [9.17, 15) is 9.90 Å². The predicted octanol–water partition coefficient (Wildman–Crippen LogP) is 3.04. The Balaban J connectivity index is 1.74. The Labute approximate surface area is 126 Å². The smallest absolute Gasteiger partial charge is 0.307 e. The minimum absolute atomic E-state index is 0.225. The lowest BCUT2D eigenvalue weighted by molar-refractivity contribution is -0.139. The second-order valence-electron chi connectivity index (χ2n) is 6.32. The van der Waals surface area contributed by atoms with Crippen LogP contribution in [0.15, 0.2) is 35.0 Å². The predicted molar refractivity (Wildman–Crippen MR) is 79.2 cm³/mol. The Hall–Kier alpha value is -2.63. The molecular formula is C16H15N3O3. The second kappa shape index (κ2) is 4.19. The zero-order valence-electron chi connectivity index (χ0n) is 12.2. The fourth-order valence-corrected chi connectivity index (χ4v) is 3.31. The number of nitrogens with one attached hydrogen (secondary N) is 1. The standard InChI is InChI=1S/C16H15N3O3/c1-16(2)11(12(16)15(20)21)14-18-13(19-22-14)9-4-3-5-10-8(9)6-7-17-10/h3-7,11-12,17H,1-2H3,(H,20,21)/t11-,12-/m1/s1. The van der Waals surface area contributed by atoms with E-state index < -0.39 is 11.9 Å². The Kier molecular flexibility index (Phi) is 2.49. The summed E-state index contributed by atoms with van der Waals surface area (Å²) in [5.41, 5.74) is 1.52.